The minimum Gasteiger partial charge on any atom is -0.507 e. The Morgan fingerprint density at radius 1 is 1.35 bits per heavy atom. The third-order valence-electron chi connectivity index (χ3n) is 2.91. The van der Waals surface area contributed by atoms with Crippen molar-refractivity contribution in [2.24, 2.45) is 0 Å². The fourth-order valence-corrected chi connectivity index (χ4v) is 1.80. The zero-order chi connectivity index (χ0) is 14.7. The standard InChI is InChI=1S/C14H16N2O4/c1-16(2)6-5-9-3-4-12(17)10(7-9)11-8-13(14(18)19)20-15-11/h3-4,7-8,17H,5-6H2,1-2H3,(H,18,19). The van der Waals surface area contributed by atoms with Crippen molar-refractivity contribution in [3.8, 4) is 17.0 Å². The number of nitrogens with zero attached hydrogens (tertiary/aromatic N) is 2. The molecule has 106 valence electrons. The number of phenolic OH excluding ortho intramolecular Hbond substituents is 1. The Labute approximate surface area is 116 Å². The lowest BCUT2D eigenvalue weighted by Gasteiger charge is -2.10. The molecule has 0 saturated heterocycles. The van der Waals surface area contributed by atoms with Crippen LogP contribution in [0.4, 0.5) is 0 Å². The van der Waals surface area contributed by atoms with Gasteiger partial charge in [0, 0.05) is 18.2 Å². The van der Waals surface area contributed by atoms with Crippen LogP contribution in [0.2, 0.25) is 0 Å². The van der Waals surface area contributed by atoms with E-state index in [1.807, 2.05) is 20.2 Å². The molecular formula is C14H16N2O4. The van der Waals surface area contributed by atoms with Gasteiger partial charge in [0.25, 0.3) is 0 Å². The predicted octanol–water partition coefficient (Wildman–Crippen LogP) is 1.85. The van der Waals surface area contributed by atoms with Gasteiger partial charge in [0.2, 0.25) is 5.76 Å². The summed E-state index contributed by atoms with van der Waals surface area (Å²) in [5, 5.41) is 22.4. The maximum atomic E-state index is 10.8. The highest BCUT2D eigenvalue weighted by molar-refractivity contribution is 5.86. The first kappa shape index (κ1) is 14.1. The molecule has 6 nitrogen and oxygen atoms in total. The summed E-state index contributed by atoms with van der Waals surface area (Å²) in [6, 6.07) is 6.51. The Balaban J connectivity index is 2.29. The molecule has 1 aromatic heterocycles. The highest BCUT2D eigenvalue weighted by atomic mass is 16.5. The van der Waals surface area contributed by atoms with E-state index in [1.165, 1.54) is 6.07 Å². The summed E-state index contributed by atoms with van der Waals surface area (Å²) in [4.78, 5) is 12.8. The van der Waals surface area contributed by atoms with Crippen LogP contribution in [0.1, 0.15) is 16.1 Å². The number of phenols is 1. The minimum absolute atomic E-state index is 0.0452. The van der Waals surface area contributed by atoms with E-state index < -0.39 is 5.97 Å². The van der Waals surface area contributed by atoms with E-state index in [9.17, 15) is 9.90 Å². The van der Waals surface area contributed by atoms with Crippen LogP contribution in [0.15, 0.2) is 28.8 Å². The van der Waals surface area contributed by atoms with Crippen molar-refractivity contribution >= 4 is 5.97 Å². The second-order valence-electron chi connectivity index (χ2n) is 4.79. The molecule has 0 amide bonds. The number of hydrogen-bond donors (Lipinski definition) is 2. The zero-order valence-electron chi connectivity index (χ0n) is 11.3. The summed E-state index contributed by atoms with van der Waals surface area (Å²) in [7, 11) is 3.97. The summed E-state index contributed by atoms with van der Waals surface area (Å²) in [6.45, 7) is 0.878. The minimum atomic E-state index is -1.19. The molecule has 2 aromatic rings. The van der Waals surface area contributed by atoms with Gasteiger partial charge in [0.1, 0.15) is 11.4 Å². The first-order valence-corrected chi connectivity index (χ1v) is 6.14. The van der Waals surface area contributed by atoms with Crippen molar-refractivity contribution in [2.45, 2.75) is 6.42 Å². The molecule has 0 fully saturated rings. The first-order valence-electron chi connectivity index (χ1n) is 6.14. The van der Waals surface area contributed by atoms with Gasteiger partial charge in [-0.1, -0.05) is 11.2 Å². The van der Waals surface area contributed by atoms with Crippen molar-refractivity contribution in [3.05, 3.63) is 35.6 Å². The summed E-state index contributed by atoms with van der Waals surface area (Å²) in [5.41, 5.74) is 1.82. The molecule has 0 aliphatic heterocycles. The van der Waals surface area contributed by atoms with Crippen LogP contribution in [0.5, 0.6) is 5.75 Å². The van der Waals surface area contributed by atoms with Crippen LogP contribution in [-0.2, 0) is 6.42 Å². The third-order valence-corrected chi connectivity index (χ3v) is 2.91. The van der Waals surface area contributed by atoms with Gasteiger partial charge in [-0.3, -0.25) is 0 Å². The van der Waals surface area contributed by atoms with Crippen LogP contribution in [0.25, 0.3) is 11.3 Å². The van der Waals surface area contributed by atoms with Gasteiger partial charge in [-0.15, -0.1) is 0 Å². The van der Waals surface area contributed by atoms with Gasteiger partial charge >= 0.3 is 5.97 Å². The number of benzene rings is 1. The molecule has 1 heterocycles. The summed E-state index contributed by atoms with van der Waals surface area (Å²) >= 11 is 0. The summed E-state index contributed by atoms with van der Waals surface area (Å²) in [6.07, 6.45) is 0.823. The smallest absolute Gasteiger partial charge is 0.374 e. The number of aromatic nitrogens is 1. The number of rotatable bonds is 5. The molecule has 0 aliphatic rings. The fourth-order valence-electron chi connectivity index (χ4n) is 1.80. The van der Waals surface area contributed by atoms with Crippen molar-refractivity contribution in [3.63, 3.8) is 0 Å². The van der Waals surface area contributed by atoms with Gasteiger partial charge in [0.05, 0.1) is 0 Å². The monoisotopic (exact) mass is 276 g/mol. The molecule has 2 rings (SSSR count). The topological polar surface area (TPSA) is 86.8 Å². The Bertz CT molecular complexity index is 619. The average Bonchev–Trinajstić information content (AvgIpc) is 2.87. The molecule has 1 aromatic carbocycles. The van der Waals surface area contributed by atoms with Gasteiger partial charge in [0.15, 0.2) is 0 Å². The van der Waals surface area contributed by atoms with E-state index in [1.54, 1.807) is 12.1 Å². The maximum absolute atomic E-state index is 10.8. The second kappa shape index (κ2) is 5.75. The summed E-state index contributed by atoms with van der Waals surface area (Å²) < 4.78 is 4.70. The molecule has 0 aliphatic carbocycles. The molecular weight excluding hydrogens is 260 g/mol. The predicted molar refractivity (Wildman–Crippen MR) is 72.8 cm³/mol. The van der Waals surface area contributed by atoms with E-state index in [2.05, 4.69) is 10.1 Å². The van der Waals surface area contributed by atoms with Crippen molar-refractivity contribution in [1.82, 2.24) is 10.1 Å². The fraction of sp³-hybridized carbons (Fsp3) is 0.286. The van der Waals surface area contributed by atoms with Crippen LogP contribution >= 0.6 is 0 Å². The normalized spacial score (nSPS) is 10.9. The molecule has 0 atom stereocenters. The Hall–Kier alpha value is -2.34. The average molecular weight is 276 g/mol. The lowest BCUT2D eigenvalue weighted by Crippen LogP contribution is -2.15. The molecule has 0 bridgehead atoms. The van der Waals surface area contributed by atoms with Crippen LogP contribution in [0, 0.1) is 0 Å². The highest BCUT2D eigenvalue weighted by Crippen LogP contribution is 2.29. The van der Waals surface area contributed by atoms with E-state index in [-0.39, 0.29) is 11.5 Å². The van der Waals surface area contributed by atoms with E-state index in [0.29, 0.717) is 11.3 Å². The van der Waals surface area contributed by atoms with Crippen LogP contribution in [0.3, 0.4) is 0 Å². The quantitative estimate of drug-likeness (QED) is 0.866. The lowest BCUT2D eigenvalue weighted by atomic mass is 10.0. The number of aromatic carboxylic acids is 1. The van der Waals surface area contributed by atoms with Crippen LogP contribution < -0.4 is 0 Å². The first-order chi connectivity index (χ1) is 9.47. The van der Waals surface area contributed by atoms with E-state index in [4.69, 9.17) is 9.63 Å². The Kier molecular flexibility index (Phi) is 4.05. The van der Waals surface area contributed by atoms with Crippen LogP contribution in [-0.4, -0.2) is 46.9 Å². The summed E-state index contributed by atoms with van der Waals surface area (Å²) in [5.74, 6) is -1.39. The maximum Gasteiger partial charge on any atom is 0.374 e. The molecule has 0 radical (unpaired) electrons. The second-order valence-corrected chi connectivity index (χ2v) is 4.79. The van der Waals surface area contributed by atoms with Gasteiger partial charge in [-0.05, 0) is 38.2 Å². The number of hydrogen-bond acceptors (Lipinski definition) is 5. The van der Waals surface area contributed by atoms with Crippen molar-refractivity contribution in [2.75, 3.05) is 20.6 Å². The molecule has 0 unspecified atom stereocenters. The number of carboxylic acids is 1. The SMILES string of the molecule is CN(C)CCc1ccc(O)c(-c2cc(C(=O)O)on2)c1. The third kappa shape index (κ3) is 3.16. The zero-order valence-corrected chi connectivity index (χ0v) is 11.3. The molecule has 20 heavy (non-hydrogen) atoms. The number of aromatic hydroxyl groups is 1. The lowest BCUT2D eigenvalue weighted by molar-refractivity contribution is 0.0652. The Morgan fingerprint density at radius 3 is 2.70 bits per heavy atom. The molecule has 0 spiro atoms. The Morgan fingerprint density at radius 2 is 2.10 bits per heavy atom. The molecule has 2 N–H and O–H groups in total. The van der Waals surface area contributed by atoms with Crippen molar-refractivity contribution in [1.29, 1.82) is 0 Å². The van der Waals surface area contributed by atoms with Gasteiger partial charge in [-0.25, -0.2) is 4.79 Å². The van der Waals surface area contributed by atoms with Gasteiger partial charge in [-0.2, -0.15) is 0 Å². The van der Waals surface area contributed by atoms with E-state index >= 15 is 0 Å². The molecule has 6 heteroatoms. The number of carbonyl (C=O) groups is 1. The molecule has 0 saturated carbocycles. The number of carboxylic acid groups (broad SMARTS) is 1. The number of likely N-dealkylation sites (N-methyl/N-ethyl adjacent to an activating group) is 1. The van der Waals surface area contributed by atoms with Gasteiger partial charge < -0.3 is 19.6 Å². The van der Waals surface area contributed by atoms with E-state index in [0.717, 1.165) is 18.5 Å². The largest absolute Gasteiger partial charge is 0.507 e. The van der Waals surface area contributed by atoms with Crippen molar-refractivity contribution < 1.29 is 19.5 Å². The highest BCUT2D eigenvalue weighted by Gasteiger charge is 2.15.